The molecule has 1 nitrogen and oxygen atoms in total. The van der Waals surface area contributed by atoms with Crippen LogP contribution in [-0.2, 0) is 0 Å². The molecular weight excluding hydrogens is 205 g/mol. The summed E-state index contributed by atoms with van der Waals surface area (Å²) in [7, 11) is 2.02. The Labute approximate surface area is 104 Å². The Bertz CT molecular complexity index is 401. The third-order valence-electron chi connectivity index (χ3n) is 3.27. The normalized spacial score (nSPS) is 12.1. The van der Waals surface area contributed by atoms with Gasteiger partial charge in [-0.1, -0.05) is 78.5 Å². The van der Waals surface area contributed by atoms with Crippen LogP contribution in [0.25, 0.3) is 0 Å². The van der Waals surface area contributed by atoms with Crippen molar-refractivity contribution in [2.45, 2.75) is 12.9 Å². The van der Waals surface area contributed by atoms with Gasteiger partial charge in [-0.05, 0) is 13.0 Å². The van der Waals surface area contributed by atoms with E-state index in [4.69, 9.17) is 0 Å². The quantitative estimate of drug-likeness (QED) is 0.773. The van der Waals surface area contributed by atoms with E-state index in [9.17, 15) is 0 Å². The highest BCUT2D eigenvalue weighted by Crippen LogP contribution is 1.97. The van der Waals surface area contributed by atoms with Gasteiger partial charge in [0.05, 0.1) is 0 Å². The molecule has 0 saturated carbocycles. The summed E-state index contributed by atoms with van der Waals surface area (Å²) in [5.41, 5.74) is 2.72. The van der Waals surface area contributed by atoms with E-state index in [1.165, 1.54) is 10.9 Å². The second kappa shape index (κ2) is 5.69. The van der Waals surface area contributed by atoms with Crippen molar-refractivity contribution in [3.63, 3.8) is 0 Å². The summed E-state index contributed by atoms with van der Waals surface area (Å²) in [5.74, 6) is 0.416. The van der Waals surface area contributed by atoms with Crippen LogP contribution in [-0.4, -0.2) is 19.7 Å². The molecule has 0 aliphatic rings. The zero-order chi connectivity index (χ0) is 12.1. The Balaban J connectivity index is 2.39. The standard InChI is InChI=1S/C15H18BN/c1-13(17-2)16(14-9-5-3-6-10-14)15-11-7-4-8-12-15/h3-13,17H,1-2H3. The molecular formula is C15H18BN. The van der Waals surface area contributed by atoms with E-state index in [2.05, 4.69) is 72.9 Å². The molecule has 0 aliphatic heterocycles. The van der Waals surface area contributed by atoms with Crippen molar-refractivity contribution < 1.29 is 0 Å². The molecule has 0 spiro atoms. The van der Waals surface area contributed by atoms with Crippen LogP contribution in [0.3, 0.4) is 0 Å². The highest BCUT2D eigenvalue weighted by Gasteiger charge is 2.24. The molecule has 0 saturated heterocycles. The van der Waals surface area contributed by atoms with Gasteiger partial charge in [0.2, 0.25) is 6.71 Å². The van der Waals surface area contributed by atoms with Crippen LogP contribution in [0.15, 0.2) is 60.7 Å². The highest BCUT2D eigenvalue weighted by molar-refractivity contribution is 6.86. The van der Waals surface area contributed by atoms with Crippen LogP contribution in [0.2, 0.25) is 0 Å². The number of nitrogens with one attached hydrogen (secondary N) is 1. The predicted molar refractivity (Wildman–Crippen MR) is 76.4 cm³/mol. The van der Waals surface area contributed by atoms with Gasteiger partial charge in [-0.3, -0.25) is 0 Å². The van der Waals surface area contributed by atoms with Gasteiger partial charge in [0.1, 0.15) is 0 Å². The molecule has 0 radical (unpaired) electrons. The van der Waals surface area contributed by atoms with Crippen LogP contribution in [0.4, 0.5) is 0 Å². The molecule has 0 fully saturated rings. The molecule has 1 atom stereocenters. The number of benzene rings is 2. The van der Waals surface area contributed by atoms with Crippen LogP contribution >= 0.6 is 0 Å². The highest BCUT2D eigenvalue weighted by atomic mass is 14.8. The van der Waals surface area contributed by atoms with E-state index < -0.39 is 0 Å². The first-order valence-electron chi connectivity index (χ1n) is 6.10. The molecule has 0 aliphatic carbocycles. The predicted octanol–water partition coefficient (Wildman–Crippen LogP) is 1.44. The summed E-state index contributed by atoms with van der Waals surface area (Å²) in [5, 5.41) is 3.36. The number of rotatable bonds is 4. The van der Waals surface area contributed by atoms with Crippen molar-refractivity contribution in [3.8, 4) is 0 Å². The van der Waals surface area contributed by atoms with Crippen molar-refractivity contribution in [2.24, 2.45) is 0 Å². The van der Waals surface area contributed by atoms with E-state index >= 15 is 0 Å². The van der Waals surface area contributed by atoms with Crippen molar-refractivity contribution >= 4 is 17.6 Å². The van der Waals surface area contributed by atoms with Gasteiger partial charge in [0, 0.05) is 0 Å². The van der Waals surface area contributed by atoms with Crippen LogP contribution in [0.1, 0.15) is 6.92 Å². The maximum atomic E-state index is 3.36. The second-order valence-electron chi connectivity index (χ2n) is 4.38. The molecule has 2 heteroatoms. The summed E-state index contributed by atoms with van der Waals surface area (Å²) in [6.45, 7) is 2.63. The Morgan fingerprint density at radius 1 is 0.824 bits per heavy atom. The van der Waals surface area contributed by atoms with Gasteiger partial charge >= 0.3 is 0 Å². The molecule has 1 unspecified atom stereocenters. The van der Waals surface area contributed by atoms with Gasteiger partial charge in [-0.2, -0.15) is 0 Å². The van der Waals surface area contributed by atoms with Gasteiger partial charge in [0.15, 0.2) is 0 Å². The summed E-state index contributed by atoms with van der Waals surface area (Å²) in [6.07, 6.45) is 0. The minimum Gasteiger partial charge on any atom is -0.323 e. The zero-order valence-corrected chi connectivity index (χ0v) is 10.4. The first kappa shape index (κ1) is 11.9. The largest absolute Gasteiger partial charge is 0.323 e. The van der Waals surface area contributed by atoms with Crippen LogP contribution in [0, 0.1) is 0 Å². The lowest BCUT2D eigenvalue weighted by molar-refractivity contribution is 0.783. The molecule has 2 aromatic rings. The third-order valence-corrected chi connectivity index (χ3v) is 3.27. The summed E-state index contributed by atoms with van der Waals surface area (Å²) >= 11 is 0. The van der Waals surface area contributed by atoms with Gasteiger partial charge in [-0.15, -0.1) is 0 Å². The minimum absolute atomic E-state index is 0.405. The molecule has 86 valence electrons. The topological polar surface area (TPSA) is 12.0 Å². The lowest BCUT2D eigenvalue weighted by Crippen LogP contribution is -2.55. The van der Waals surface area contributed by atoms with Crippen molar-refractivity contribution in [2.75, 3.05) is 7.05 Å². The maximum absolute atomic E-state index is 3.36. The SMILES string of the molecule is CNC(C)B(c1ccccc1)c1ccccc1. The van der Waals surface area contributed by atoms with Crippen LogP contribution < -0.4 is 16.2 Å². The monoisotopic (exact) mass is 223 g/mol. The van der Waals surface area contributed by atoms with Crippen molar-refractivity contribution in [3.05, 3.63) is 60.7 Å². The summed E-state index contributed by atoms with van der Waals surface area (Å²) < 4.78 is 0. The van der Waals surface area contributed by atoms with E-state index in [1.54, 1.807) is 0 Å². The lowest BCUT2D eigenvalue weighted by atomic mass is 9.36. The molecule has 0 amide bonds. The van der Waals surface area contributed by atoms with Crippen molar-refractivity contribution in [1.82, 2.24) is 5.32 Å². The Kier molecular flexibility index (Phi) is 4.00. The van der Waals surface area contributed by atoms with Gasteiger partial charge in [0.25, 0.3) is 0 Å². The minimum atomic E-state index is 0.405. The fourth-order valence-corrected chi connectivity index (χ4v) is 2.26. The summed E-state index contributed by atoms with van der Waals surface area (Å²) in [4.78, 5) is 0. The smallest absolute Gasteiger partial charge is 0.226 e. The molecule has 0 heterocycles. The Hall–Kier alpha value is -1.54. The first-order chi connectivity index (χ1) is 8.33. The van der Waals surface area contributed by atoms with E-state index in [1.807, 2.05) is 7.05 Å². The van der Waals surface area contributed by atoms with Crippen LogP contribution in [0.5, 0.6) is 0 Å². The Morgan fingerprint density at radius 2 is 1.24 bits per heavy atom. The maximum Gasteiger partial charge on any atom is 0.226 e. The second-order valence-corrected chi connectivity index (χ2v) is 4.38. The van der Waals surface area contributed by atoms with Gasteiger partial charge in [-0.25, -0.2) is 0 Å². The molecule has 0 aromatic heterocycles. The third kappa shape index (κ3) is 2.77. The number of hydrogen-bond acceptors (Lipinski definition) is 1. The molecule has 2 rings (SSSR count). The molecule has 2 aromatic carbocycles. The van der Waals surface area contributed by atoms with Crippen molar-refractivity contribution in [1.29, 1.82) is 0 Å². The fourth-order valence-electron chi connectivity index (χ4n) is 2.26. The Morgan fingerprint density at radius 3 is 1.59 bits per heavy atom. The van der Waals surface area contributed by atoms with E-state index in [0.29, 0.717) is 12.7 Å². The average molecular weight is 223 g/mol. The lowest BCUT2D eigenvalue weighted by Gasteiger charge is -2.21. The zero-order valence-electron chi connectivity index (χ0n) is 10.4. The molecule has 0 bridgehead atoms. The molecule has 17 heavy (non-hydrogen) atoms. The van der Waals surface area contributed by atoms with Gasteiger partial charge < -0.3 is 5.32 Å². The first-order valence-corrected chi connectivity index (χ1v) is 6.10. The fraction of sp³-hybridized carbons (Fsp3) is 0.200. The van der Waals surface area contributed by atoms with E-state index in [-0.39, 0.29) is 0 Å². The molecule has 1 N–H and O–H groups in total. The number of hydrogen-bond donors (Lipinski definition) is 1. The summed E-state index contributed by atoms with van der Waals surface area (Å²) in [6, 6.07) is 21.3. The average Bonchev–Trinajstić information content (AvgIpc) is 2.41. The van der Waals surface area contributed by atoms with E-state index in [0.717, 1.165) is 0 Å².